The molecule has 0 saturated carbocycles. The highest BCUT2D eigenvalue weighted by Gasteiger charge is 2.16. The summed E-state index contributed by atoms with van der Waals surface area (Å²) in [6.45, 7) is 4.70. The molecule has 3 rings (SSSR count). The topological polar surface area (TPSA) is 56.3 Å². The Hall–Kier alpha value is -0.950. The van der Waals surface area contributed by atoms with Crippen LogP contribution in [0.15, 0.2) is 6.07 Å². The monoisotopic (exact) mass is 313 g/mol. The molecule has 1 atom stereocenters. The fourth-order valence-corrected chi connectivity index (χ4v) is 3.31. The summed E-state index contributed by atoms with van der Waals surface area (Å²) in [6, 6.07) is 2.12. The molecule has 0 spiro atoms. The molecule has 20 heavy (non-hydrogen) atoms. The van der Waals surface area contributed by atoms with Crippen LogP contribution in [-0.2, 0) is 15.9 Å². The highest BCUT2D eigenvalue weighted by Crippen LogP contribution is 2.30. The summed E-state index contributed by atoms with van der Waals surface area (Å²) in [6.07, 6.45) is 1.04. The number of rotatable bonds is 4. The summed E-state index contributed by atoms with van der Waals surface area (Å²) in [5.74, 6) is 0.769. The van der Waals surface area contributed by atoms with E-state index in [1.54, 1.807) is 11.3 Å². The summed E-state index contributed by atoms with van der Waals surface area (Å²) >= 11 is 7.64. The number of hydrogen-bond acceptors (Lipinski definition) is 6. The van der Waals surface area contributed by atoms with E-state index < -0.39 is 0 Å². The van der Waals surface area contributed by atoms with E-state index in [1.165, 1.54) is 4.88 Å². The van der Waals surface area contributed by atoms with Crippen molar-refractivity contribution >= 4 is 39.0 Å². The van der Waals surface area contributed by atoms with Crippen LogP contribution in [0.5, 0.6) is 0 Å². The van der Waals surface area contributed by atoms with Gasteiger partial charge in [0.1, 0.15) is 10.6 Å². The lowest BCUT2D eigenvalue weighted by Gasteiger charge is -2.23. The molecule has 1 unspecified atom stereocenters. The third-order valence-electron chi connectivity index (χ3n) is 3.15. The molecule has 0 aliphatic carbocycles. The Kier molecular flexibility index (Phi) is 4.35. The van der Waals surface area contributed by atoms with Gasteiger partial charge in [-0.2, -0.15) is 0 Å². The number of halogens is 1. The lowest BCUT2D eigenvalue weighted by Crippen LogP contribution is -2.34. The van der Waals surface area contributed by atoms with Gasteiger partial charge in [0.15, 0.2) is 0 Å². The largest absolute Gasteiger partial charge is 0.376 e. The van der Waals surface area contributed by atoms with Gasteiger partial charge in [0, 0.05) is 11.4 Å². The van der Waals surface area contributed by atoms with Crippen LogP contribution in [-0.4, -0.2) is 42.4 Å². The molecule has 0 bridgehead atoms. The van der Waals surface area contributed by atoms with E-state index in [9.17, 15) is 0 Å². The fourth-order valence-electron chi connectivity index (χ4n) is 2.12. The summed E-state index contributed by atoms with van der Waals surface area (Å²) < 4.78 is 11.0. The smallest absolute Gasteiger partial charge is 0.225 e. The molecule has 5 nitrogen and oxygen atoms in total. The first kappa shape index (κ1) is 14.0. The number of thiophene rings is 1. The molecular formula is C13H16ClN3O2S. The summed E-state index contributed by atoms with van der Waals surface area (Å²) in [5, 5.41) is 4.59. The average molecular weight is 314 g/mol. The summed E-state index contributed by atoms with van der Waals surface area (Å²) in [7, 11) is 0. The van der Waals surface area contributed by atoms with E-state index in [-0.39, 0.29) is 11.4 Å². The van der Waals surface area contributed by atoms with Crippen molar-refractivity contribution < 1.29 is 9.47 Å². The van der Waals surface area contributed by atoms with Gasteiger partial charge in [0.05, 0.1) is 31.3 Å². The van der Waals surface area contributed by atoms with Crippen molar-refractivity contribution in [2.45, 2.75) is 19.4 Å². The second-order valence-corrected chi connectivity index (χ2v) is 6.03. The van der Waals surface area contributed by atoms with Gasteiger partial charge < -0.3 is 14.8 Å². The van der Waals surface area contributed by atoms with Crippen LogP contribution in [0.1, 0.15) is 11.8 Å². The minimum Gasteiger partial charge on any atom is -0.376 e. The van der Waals surface area contributed by atoms with Crippen LogP contribution < -0.4 is 5.32 Å². The quantitative estimate of drug-likeness (QED) is 0.880. The second-order valence-electron chi connectivity index (χ2n) is 4.57. The van der Waals surface area contributed by atoms with Gasteiger partial charge in [-0.3, -0.25) is 0 Å². The number of hydrogen-bond donors (Lipinski definition) is 1. The molecule has 0 aromatic carbocycles. The Morgan fingerprint density at radius 1 is 1.45 bits per heavy atom. The Balaban J connectivity index is 1.80. The van der Waals surface area contributed by atoms with E-state index in [2.05, 4.69) is 28.3 Å². The number of nitrogens with one attached hydrogen (secondary N) is 1. The molecule has 0 amide bonds. The molecular weight excluding hydrogens is 298 g/mol. The van der Waals surface area contributed by atoms with Crippen molar-refractivity contribution in [3.63, 3.8) is 0 Å². The molecule has 7 heteroatoms. The van der Waals surface area contributed by atoms with Gasteiger partial charge in [0.2, 0.25) is 5.28 Å². The zero-order valence-electron chi connectivity index (χ0n) is 11.2. The zero-order valence-corrected chi connectivity index (χ0v) is 12.8. The van der Waals surface area contributed by atoms with Gasteiger partial charge >= 0.3 is 0 Å². The van der Waals surface area contributed by atoms with E-state index in [0.29, 0.717) is 26.4 Å². The highest BCUT2D eigenvalue weighted by atomic mass is 35.5. The molecule has 0 radical (unpaired) electrons. The van der Waals surface area contributed by atoms with E-state index in [4.69, 9.17) is 21.1 Å². The maximum Gasteiger partial charge on any atom is 0.225 e. The van der Waals surface area contributed by atoms with E-state index in [0.717, 1.165) is 22.5 Å². The standard InChI is InChI=1S/C13H16ClN3O2S/c1-2-9-5-10-11(16-13(14)17-12(10)20-9)15-6-8-7-18-3-4-19-8/h5,8H,2-4,6-7H2,1H3,(H,15,16,17). The lowest BCUT2D eigenvalue weighted by atomic mass is 10.3. The number of fused-ring (bicyclic) bond motifs is 1. The Bertz CT molecular complexity index is 599. The first-order valence-electron chi connectivity index (χ1n) is 6.65. The molecule has 1 N–H and O–H groups in total. The van der Waals surface area contributed by atoms with Crippen molar-refractivity contribution in [2.24, 2.45) is 0 Å². The van der Waals surface area contributed by atoms with Crippen molar-refractivity contribution in [3.05, 3.63) is 16.2 Å². The van der Waals surface area contributed by atoms with E-state index >= 15 is 0 Å². The summed E-state index contributed by atoms with van der Waals surface area (Å²) in [4.78, 5) is 10.8. The third-order valence-corrected chi connectivity index (χ3v) is 4.49. The molecule has 3 heterocycles. The average Bonchev–Trinajstić information content (AvgIpc) is 2.88. The maximum absolute atomic E-state index is 5.99. The number of aryl methyl sites for hydroxylation is 1. The van der Waals surface area contributed by atoms with Gasteiger partial charge in [-0.15, -0.1) is 11.3 Å². The number of nitrogens with zero attached hydrogens (tertiary/aromatic N) is 2. The van der Waals surface area contributed by atoms with Gasteiger partial charge in [-0.05, 0) is 24.1 Å². The lowest BCUT2D eigenvalue weighted by molar-refractivity contribution is -0.0819. The number of aromatic nitrogens is 2. The van der Waals surface area contributed by atoms with Crippen LogP contribution in [0, 0.1) is 0 Å². The fraction of sp³-hybridized carbons (Fsp3) is 0.538. The first-order chi connectivity index (χ1) is 9.76. The SMILES string of the molecule is CCc1cc2c(NCC3COCCO3)nc(Cl)nc2s1. The molecule has 108 valence electrons. The number of ether oxygens (including phenoxy) is 2. The zero-order chi connectivity index (χ0) is 13.9. The first-order valence-corrected chi connectivity index (χ1v) is 7.85. The van der Waals surface area contributed by atoms with Gasteiger partial charge in [-0.25, -0.2) is 9.97 Å². The van der Waals surface area contributed by atoms with Crippen molar-refractivity contribution in [1.29, 1.82) is 0 Å². The Morgan fingerprint density at radius 3 is 3.10 bits per heavy atom. The molecule has 2 aromatic heterocycles. The molecule has 1 aliphatic rings. The second kappa shape index (κ2) is 6.22. The third kappa shape index (κ3) is 3.03. The van der Waals surface area contributed by atoms with Crippen LogP contribution in [0.4, 0.5) is 5.82 Å². The Morgan fingerprint density at radius 2 is 2.35 bits per heavy atom. The van der Waals surface area contributed by atoms with Crippen molar-refractivity contribution in [2.75, 3.05) is 31.7 Å². The Labute approximate surface area is 126 Å². The minimum absolute atomic E-state index is 0.0526. The molecule has 2 aromatic rings. The summed E-state index contributed by atoms with van der Waals surface area (Å²) in [5.41, 5.74) is 0. The predicted octanol–water partition coefficient (Wildman–Crippen LogP) is 2.73. The van der Waals surface area contributed by atoms with Gasteiger partial charge in [-0.1, -0.05) is 6.92 Å². The normalized spacial score (nSPS) is 19.4. The predicted molar refractivity (Wildman–Crippen MR) is 80.9 cm³/mol. The van der Waals surface area contributed by atoms with Crippen molar-refractivity contribution in [1.82, 2.24) is 9.97 Å². The maximum atomic E-state index is 5.99. The van der Waals surface area contributed by atoms with Gasteiger partial charge in [0.25, 0.3) is 0 Å². The van der Waals surface area contributed by atoms with Crippen LogP contribution in [0.25, 0.3) is 10.2 Å². The van der Waals surface area contributed by atoms with Crippen LogP contribution in [0.3, 0.4) is 0 Å². The van der Waals surface area contributed by atoms with Crippen LogP contribution >= 0.6 is 22.9 Å². The molecule has 1 fully saturated rings. The number of anilines is 1. The van der Waals surface area contributed by atoms with E-state index in [1.807, 2.05) is 0 Å². The highest BCUT2D eigenvalue weighted by molar-refractivity contribution is 7.18. The minimum atomic E-state index is 0.0526. The van der Waals surface area contributed by atoms with Crippen LogP contribution in [0.2, 0.25) is 5.28 Å². The molecule has 1 saturated heterocycles. The molecule has 1 aliphatic heterocycles. The van der Waals surface area contributed by atoms with Crippen molar-refractivity contribution in [3.8, 4) is 0 Å².